The van der Waals surface area contributed by atoms with E-state index in [1.165, 1.54) is 0 Å². The third-order valence-corrected chi connectivity index (χ3v) is 5.30. The van der Waals surface area contributed by atoms with Crippen molar-refractivity contribution in [3.05, 3.63) is 34.1 Å². The number of likely N-dealkylation sites (N-methyl/N-ethyl adjacent to an activating group) is 1. The van der Waals surface area contributed by atoms with Gasteiger partial charge in [-0.25, -0.2) is 4.98 Å². The number of rotatable bonds is 2. The zero-order chi connectivity index (χ0) is 18.9. The third kappa shape index (κ3) is 4.83. The van der Waals surface area contributed by atoms with Crippen molar-refractivity contribution in [2.75, 3.05) is 38.1 Å². The number of nitrogens with zero attached hydrogens (tertiary/aromatic N) is 5. The van der Waals surface area contributed by atoms with Crippen LogP contribution in [0.3, 0.4) is 0 Å². The van der Waals surface area contributed by atoms with Crippen LogP contribution >= 0.6 is 58.0 Å². The summed E-state index contributed by atoms with van der Waals surface area (Å²) in [5.41, 5.74) is 0.672. The van der Waals surface area contributed by atoms with Gasteiger partial charge in [0.05, 0.1) is 10.0 Å². The topological polar surface area (TPSA) is 45.2 Å². The molecule has 2 aromatic rings. The molecule has 2 heterocycles. The lowest BCUT2D eigenvalue weighted by atomic mass is 10.2. The van der Waals surface area contributed by atoms with Gasteiger partial charge in [0.2, 0.25) is 9.74 Å². The minimum atomic E-state index is -1.76. The average Bonchev–Trinajstić information content (AvgIpc) is 2.81. The fourth-order valence-corrected chi connectivity index (χ4v) is 3.20. The summed E-state index contributed by atoms with van der Waals surface area (Å²) in [6.45, 7) is 3.50. The van der Waals surface area contributed by atoms with E-state index in [1.807, 2.05) is 0 Å². The van der Waals surface area contributed by atoms with Gasteiger partial charge in [-0.2, -0.15) is 9.97 Å². The fraction of sp³-hybridized carbons (Fsp3) is 0.438. The van der Waals surface area contributed by atoms with Gasteiger partial charge >= 0.3 is 0 Å². The highest BCUT2D eigenvalue weighted by Crippen LogP contribution is 2.37. The van der Waals surface area contributed by atoms with Gasteiger partial charge in [-0.3, -0.25) is 0 Å². The van der Waals surface area contributed by atoms with E-state index in [0.717, 1.165) is 32.6 Å². The van der Waals surface area contributed by atoms with Crippen molar-refractivity contribution in [3.63, 3.8) is 0 Å². The van der Waals surface area contributed by atoms with Gasteiger partial charge in [0, 0.05) is 25.2 Å². The van der Waals surface area contributed by atoms with Gasteiger partial charge in [-0.1, -0.05) is 58.0 Å². The molecule has 0 saturated carbocycles. The van der Waals surface area contributed by atoms with Crippen LogP contribution in [0.4, 0.5) is 5.95 Å². The summed E-state index contributed by atoms with van der Waals surface area (Å²) >= 11 is 30.3. The number of hydrogen-bond acceptors (Lipinski definition) is 5. The second-order valence-electron chi connectivity index (χ2n) is 6.05. The number of hydrogen-bond donors (Lipinski definition) is 0. The van der Waals surface area contributed by atoms with E-state index in [2.05, 4.69) is 31.8 Å². The molecule has 0 bridgehead atoms. The second-order valence-corrected chi connectivity index (χ2v) is 9.15. The van der Waals surface area contributed by atoms with Crippen molar-refractivity contribution in [3.8, 4) is 11.4 Å². The Morgan fingerprint density at radius 1 is 0.923 bits per heavy atom. The lowest BCUT2D eigenvalue weighted by Crippen LogP contribution is -2.31. The molecular formula is C16H16Cl5N5. The van der Waals surface area contributed by atoms with Crippen molar-refractivity contribution in [1.82, 2.24) is 19.9 Å². The molecule has 0 amide bonds. The molecule has 1 aliphatic rings. The Morgan fingerprint density at radius 3 is 2.38 bits per heavy atom. The van der Waals surface area contributed by atoms with Crippen LogP contribution in [0, 0.1) is 0 Å². The number of halogens is 5. The molecule has 1 aliphatic heterocycles. The van der Waals surface area contributed by atoms with Crippen molar-refractivity contribution in [2.45, 2.75) is 10.2 Å². The Kier molecular flexibility index (Phi) is 6.37. The Labute approximate surface area is 177 Å². The van der Waals surface area contributed by atoms with Crippen LogP contribution in [-0.4, -0.2) is 53.1 Å². The first kappa shape index (κ1) is 20.2. The molecule has 0 spiro atoms. The summed E-state index contributed by atoms with van der Waals surface area (Å²) in [5, 5.41) is 0.847. The Balaban J connectivity index is 2.05. The largest absolute Gasteiger partial charge is 0.339 e. The Bertz CT molecular complexity index is 795. The molecule has 5 nitrogen and oxygen atoms in total. The maximum absolute atomic E-state index is 6.12. The molecule has 1 fully saturated rings. The van der Waals surface area contributed by atoms with Crippen molar-refractivity contribution >= 4 is 64.0 Å². The fourth-order valence-electron chi connectivity index (χ4n) is 2.64. The SMILES string of the molecule is CN1CCCN(c2nc(-c3ccc(Cl)c(Cl)c3)nc(C(Cl)(Cl)Cl)n2)CC1. The normalized spacial score (nSPS) is 16.6. The molecule has 0 unspecified atom stereocenters. The predicted octanol–water partition coefficient (Wildman–Crippen LogP) is 4.81. The molecule has 0 aliphatic carbocycles. The highest BCUT2D eigenvalue weighted by molar-refractivity contribution is 6.66. The molecule has 140 valence electrons. The monoisotopic (exact) mass is 453 g/mol. The second kappa shape index (κ2) is 8.21. The Hall–Kier alpha value is -0.560. The first-order valence-corrected chi connectivity index (χ1v) is 9.85. The van der Waals surface area contributed by atoms with Gasteiger partial charge in [-0.05, 0) is 38.2 Å². The summed E-state index contributed by atoms with van der Waals surface area (Å²) in [6.07, 6.45) is 0.993. The standard InChI is InChI=1S/C16H16Cl5N5/c1-25-5-2-6-26(8-7-25)15-23-13(22-14(24-15)16(19,20)21)10-3-4-11(17)12(18)9-10/h3-4,9H,2,5-8H2,1H3. The minimum absolute atomic E-state index is 0.0752. The summed E-state index contributed by atoms with van der Waals surface area (Å²) in [5.74, 6) is 0.941. The predicted molar refractivity (Wildman–Crippen MR) is 109 cm³/mol. The average molecular weight is 456 g/mol. The van der Waals surface area contributed by atoms with E-state index in [1.54, 1.807) is 18.2 Å². The lowest BCUT2D eigenvalue weighted by molar-refractivity contribution is 0.360. The molecule has 3 rings (SSSR count). The van der Waals surface area contributed by atoms with E-state index in [-0.39, 0.29) is 5.82 Å². The first-order valence-electron chi connectivity index (χ1n) is 7.96. The highest BCUT2D eigenvalue weighted by Gasteiger charge is 2.30. The summed E-state index contributed by atoms with van der Waals surface area (Å²) in [6, 6.07) is 5.13. The zero-order valence-corrected chi connectivity index (χ0v) is 17.7. The summed E-state index contributed by atoms with van der Waals surface area (Å²) in [4.78, 5) is 17.6. The van der Waals surface area contributed by atoms with Gasteiger partial charge in [-0.15, -0.1) is 0 Å². The summed E-state index contributed by atoms with van der Waals surface area (Å²) in [7, 11) is 2.09. The van der Waals surface area contributed by atoms with Crippen LogP contribution in [0.1, 0.15) is 12.2 Å². The lowest BCUT2D eigenvalue weighted by Gasteiger charge is -2.22. The molecule has 0 N–H and O–H groups in total. The van der Waals surface area contributed by atoms with E-state index in [9.17, 15) is 0 Å². The molecule has 10 heteroatoms. The van der Waals surface area contributed by atoms with Crippen LogP contribution in [0.25, 0.3) is 11.4 Å². The molecule has 1 saturated heterocycles. The summed E-state index contributed by atoms with van der Waals surface area (Å²) < 4.78 is -1.76. The highest BCUT2D eigenvalue weighted by atomic mass is 35.6. The van der Waals surface area contributed by atoms with Gasteiger partial charge in [0.1, 0.15) is 0 Å². The van der Waals surface area contributed by atoms with Gasteiger partial charge in [0.15, 0.2) is 11.6 Å². The van der Waals surface area contributed by atoms with E-state index in [0.29, 0.717) is 27.4 Å². The Morgan fingerprint density at radius 2 is 1.69 bits per heavy atom. The molecule has 1 aromatic carbocycles. The molecule has 26 heavy (non-hydrogen) atoms. The van der Waals surface area contributed by atoms with Crippen LogP contribution < -0.4 is 4.90 Å². The third-order valence-electron chi connectivity index (χ3n) is 4.06. The molecule has 0 radical (unpaired) electrons. The van der Waals surface area contributed by atoms with E-state index >= 15 is 0 Å². The number of anilines is 1. The maximum atomic E-state index is 6.12. The number of benzene rings is 1. The van der Waals surface area contributed by atoms with E-state index < -0.39 is 3.79 Å². The minimum Gasteiger partial charge on any atom is -0.339 e. The van der Waals surface area contributed by atoms with Crippen molar-refractivity contribution in [1.29, 1.82) is 0 Å². The maximum Gasteiger partial charge on any atom is 0.250 e. The van der Waals surface area contributed by atoms with Crippen LogP contribution in [-0.2, 0) is 3.79 Å². The zero-order valence-electron chi connectivity index (χ0n) is 13.9. The van der Waals surface area contributed by atoms with Crippen molar-refractivity contribution in [2.24, 2.45) is 0 Å². The quantitative estimate of drug-likeness (QED) is 0.608. The molecular weight excluding hydrogens is 439 g/mol. The van der Waals surface area contributed by atoms with Gasteiger partial charge < -0.3 is 9.80 Å². The number of alkyl halides is 3. The number of aromatic nitrogens is 3. The van der Waals surface area contributed by atoms with E-state index in [4.69, 9.17) is 58.0 Å². The van der Waals surface area contributed by atoms with Gasteiger partial charge in [0.25, 0.3) is 0 Å². The van der Waals surface area contributed by atoms with Crippen LogP contribution in [0.5, 0.6) is 0 Å². The van der Waals surface area contributed by atoms with Crippen LogP contribution in [0.15, 0.2) is 18.2 Å². The molecule has 0 atom stereocenters. The first-order chi connectivity index (χ1) is 12.2. The smallest absolute Gasteiger partial charge is 0.250 e. The van der Waals surface area contributed by atoms with Crippen LogP contribution in [0.2, 0.25) is 10.0 Å². The molecule has 1 aromatic heterocycles. The van der Waals surface area contributed by atoms with Crippen molar-refractivity contribution < 1.29 is 0 Å².